The Balaban J connectivity index is 1.10. The van der Waals surface area contributed by atoms with E-state index in [0.717, 1.165) is 54.5 Å². The van der Waals surface area contributed by atoms with Crippen LogP contribution >= 0.6 is 7.14 Å². The third kappa shape index (κ3) is 3.88. The van der Waals surface area contributed by atoms with Crippen LogP contribution in [0, 0.1) is 0 Å². The molecule has 1 atom stereocenters. The Morgan fingerprint density at radius 1 is 0.500 bits per heavy atom. The van der Waals surface area contributed by atoms with Crippen LogP contribution in [0.3, 0.4) is 0 Å². The lowest BCUT2D eigenvalue weighted by molar-refractivity contribution is 0.593. The zero-order valence-corrected chi connectivity index (χ0v) is 29.9. The summed E-state index contributed by atoms with van der Waals surface area (Å²) in [5, 5.41) is 7.37. The van der Waals surface area contributed by atoms with Gasteiger partial charge in [-0.1, -0.05) is 153 Å². The molecule has 0 fully saturated rings. The highest BCUT2D eigenvalue weighted by atomic mass is 31.2. The fraction of sp³-hybridized carbons (Fsp3) is 0.0612. The van der Waals surface area contributed by atoms with Gasteiger partial charge in [-0.05, 0) is 85.6 Å². The number of hydrogen-bond acceptors (Lipinski definition) is 1. The van der Waals surface area contributed by atoms with E-state index >= 15 is 4.57 Å². The highest BCUT2D eigenvalue weighted by molar-refractivity contribution is 7.86. The summed E-state index contributed by atoms with van der Waals surface area (Å²) in [7, 11) is -3.19. The Labute approximate surface area is 303 Å². The topological polar surface area (TPSA) is 22.0 Å². The van der Waals surface area contributed by atoms with Crippen LogP contribution in [-0.4, -0.2) is 4.57 Å². The maximum absolute atomic E-state index is 15.9. The van der Waals surface area contributed by atoms with E-state index < -0.39 is 7.14 Å². The van der Waals surface area contributed by atoms with Gasteiger partial charge in [0.15, 0.2) is 7.14 Å². The highest BCUT2D eigenvalue weighted by Crippen LogP contribution is 2.55. The zero-order valence-electron chi connectivity index (χ0n) is 29.0. The Morgan fingerprint density at radius 3 is 2.04 bits per heavy atom. The molecule has 0 spiro atoms. The lowest BCUT2D eigenvalue weighted by Gasteiger charge is -2.22. The number of benzene rings is 8. The SMILES string of the molecule is CC1(C)c2ccccc2-c2ccc(-c3ccc4cc(-n5c6ccccc6c6ccc7c(c65)P(=O)(c5ccccc5)c5ccccc5-7)ccc4c3)cc21. The van der Waals surface area contributed by atoms with Gasteiger partial charge in [-0.3, -0.25) is 0 Å². The summed E-state index contributed by atoms with van der Waals surface area (Å²) in [6, 6.07) is 60.8. The number of hydrogen-bond donors (Lipinski definition) is 0. The fourth-order valence-electron chi connectivity index (χ4n) is 9.28. The van der Waals surface area contributed by atoms with Gasteiger partial charge < -0.3 is 9.13 Å². The highest BCUT2D eigenvalue weighted by Gasteiger charge is 2.43. The van der Waals surface area contributed by atoms with Gasteiger partial charge in [-0.15, -0.1) is 0 Å². The van der Waals surface area contributed by atoms with Crippen LogP contribution in [0.15, 0.2) is 170 Å². The Morgan fingerprint density at radius 2 is 1.15 bits per heavy atom. The first-order valence-electron chi connectivity index (χ1n) is 18.0. The van der Waals surface area contributed by atoms with Crippen molar-refractivity contribution in [1.82, 2.24) is 4.57 Å². The summed E-state index contributed by atoms with van der Waals surface area (Å²) in [4.78, 5) is 0. The standard InChI is InChI=1S/C49H34NOP/c1-49(2)43-17-9-6-14-37(43)38-25-23-34(30-44(38)49)31-20-21-33-29-35(24-22-32(33)28-31)50-45-18-10-7-15-39(45)41-26-27-42-40-16-8-11-19-46(40)52(51,48(42)47(41)50)36-12-4-3-5-13-36/h3-30H,1-2H3. The van der Waals surface area contributed by atoms with Crippen molar-refractivity contribution in [3.8, 4) is 39.1 Å². The maximum atomic E-state index is 15.9. The quantitative estimate of drug-likeness (QED) is 0.170. The molecule has 3 heteroatoms. The summed E-state index contributed by atoms with van der Waals surface area (Å²) in [5.74, 6) is 0. The van der Waals surface area contributed by atoms with Gasteiger partial charge in [-0.2, -0.15) is 0 Å². The van der Waals surface area contributed by atoms with Gasteiger partial charge in [0.25, 0.3) is 0 Å². The lowest BCUT2D eigenvalue weighted by Crippen LogP contribution is -2.22. The van der Waals surface area contributed by atoms with Gasteiger partial charge in [0.05, 0.1) is 16.3 Å². The average Bonchev–Trinajstić information content (AvgIpc) is 3.76. The molecular formula is C49H34NOP. The monoisotopic (exact) mass is 683 g/mol. The molecule has 11 rings (SSSR count). The van der Waals surface area contributed by atoms with E-state index in [4.69, 9.17) is 0 Å². The minimum absolute atomic E-state index is 0.0397. The predicted octanol–water partition coefficient (Wildman–Crippen LogP) is 11.5. The van der Waals surface area contributed by atoms with Gasteiger partial charge in [0.1, 0.15) is 0 Å². The Hall–Kier alpha value is -5.95. The molecule has 2 nitrogen and oxygen atoms in total. The summed E-state index contributed by atoms with van der Waals surface area (Å²) >= 11 is 0. The smallest absolute Gasteiger partial charge is 0.174 e. The molecule has 246 valence electrons. The number of aromatic nitrogens is 1. The molecule has 1 aliphatic carbocycles. The van der Waals surface area contributed by atoms with Crippen molar-refractivity contribution in [1.29, 1.82) is 0 Å². The molecule has 8 aromatic carbocycles. The van der Waals surface area contributed by atoms with E-state index in [0.29, 0.717) is 0 Å². The first-order valence-corrected chi connectivity index (χ1v) is 19.7. The van der Waals surface area contributed by atoms with E-state index in [2.05, 4.69) is 152 Å². The third-order valence-electron chi connectivity index (χ3n) is 11.8. The van der Waals surface area contributed by atoms with Crippen molar-refractivity contribution in [3.63, 3.8) is 0 Å². The molecule has 0 saturated carbocycles. The minimum Gasteiger partial charge on any atom is -0.309 e. The van der Waals surface area contributed by atoms with E-state index in [1.165, 1.54) is 44.2 Å². The molecule has 0 amide bonds. The average molecular weight is 684 g/mol. The fourth-order valence-corrected chi connectivity index (χ4v) is 12.5. The van der Waals surface area contributed by atoms with Crippen LogP contribution in [0.4, 0.5) is 0 Å². The summed E-state index contributed by atoms with van der Waals surface area (Å²) < 4.78 is 18.2. The van der Waals surface area contributed by atoms with Crippen molar-refractivity contribution >= 4 is 55.6 Å². The molecule has 0 N–H and O–H groups in total. The van der Waals surface area contributed by atoms with E-state index in [1.807, 2.05) is 36.4 Å². The van der Waals surface area contributed by atoms with Gasteiger partial charge >= 0.3 is 0 Å². The molecule has 0 saturated heterocycles. The number of para-hydroxylation sites is 1. The van der Waals surface area contributed by atoms with Crippen LogP contribution in [-0.2, 0) is 9.98 Å². The van der Waals surface area contributed by atoms with Crippen molar-refractivity contribution in [2.45, 2.75) is 19.3 Å². The number of rotatable bonds is 3. The van der Waals surface area contributed by atoms with Crippen molar-refractivity contribution in [3.05, 3.63) is 181 Å². The van der Waals surface area contributed by atoms with Gasteiger partial charge in [-0.25, -0.2) is 0 Å². The molecule has 0 radical (unpaired) electrons. The van der Waals surface area contributed by atoms with E-state index in [-0.39, 0.29) is 5.41 Å². The van der Waals surface area contributed by atoms with E-state index in [1.54, 1.807) is 0 Å². The number of nitrogens with zero attached hydrogens (tertiary/aromatic N) is 1. The largest absolute Gasteiger partial charge is 0.309 e. The molecule has 1 aliphatic heterocycles. The lowest BCUT2D eigenvalue weighted by atomic mass is 9.81. The molecule has 0 bridgehead atoms. The number of fused-ring (bicyclic) bond motifs is 11. The third-order valence-corrected chi connectivity index (χ3v) is 15.0. The normalized spacial score (nSPS) is 16.6. The maximum Gasteiger partial charge on any atom is 0.174 e. The van der Waals surface area contributed by atoms with Gasteiger partial charge in [0.2, 0.25) is 0 Å². The first-order chi connectivity index (χ1) is 25.4. The molecule has 1 aromatic heterocycles. The van der Waals surface area contributed by atoms with Crippen molar-refractivity contribution in [2.75, 3.05) is 0 Å². The Bertz CT molecular complexity index is 3020. The second-order valence-corrected chi connectivity index (χ2v) is 17.5. The second-order valence-electron chi connectivity index (χ2n) is 14.8. The Kier molecular flexibility index (Phi) is 6.03. The van der Waals surface area contributed by atoms with Crippen LogP contribution in [0.25, 0.3) is 71.6 Å². The molecule has 52 heavy (non-hydrogen) atoms. The second kappa shape index (κ2) is 10.5. The molecule has 2 heterocycles. The summed E-state index contributed by atoms with van der Waals surface area (Å²) in [6.45, 7) is 4.68. The zero-order chi connectivity index (χ0) is 34.8. The summed E-state index contributed by atoms with van der Waals surface area (Å²) in [6.07, 6.45) is 0. The molecule has 1 unspecified atom stereocenters. The first kappa shape index (κ1) is 29.7. The molecule has 9 aromatic rings. The van der Waals surface area contributed by atoms with Crippen LogP contribution < -0.4 is 15.9 Å². The van der Waals surface area contributed by atoms with Crippen LogP contribution in [0.2, 0.25) is 0 Å². The van der Waals surface area contributed by atoms with Crippen LogP contribution in [0.1, 0.15) is 25.0 Å². The molecular weight excluding hydrogens is 650 g/mol. The van der Waals surface area contributed by atoms with E-state index in [9.17, 15) is 0 Å². The van der Waals surface area contributed by atoms with Gasteiger partial charge in [0, 0.05) is 32.5 Å². The predicted molar refractivity (Wildman–Crippen MR) is 220 cm³/mol. The molecule has 2 aliphatic rings. The summed E-state index contributed by atoms with van der Waals surface area (Å²) in [5.41, 5.74) is 13.2. The van der Waals surface area contributed by atoms with Crippen LogP contribution in [0.5, 0.6) is 0 Å². The van der Waals surface area contributed by atoms with Crippen molar-refractivity contribution < 1.29 is 4.57 Å². The van der Waals surface area contributed by atoms with Crippen molar-refractivity contribution in [2.24, 2.45) is 0 Å². The minimum atomic E-state index is -3.19.